The lowest BCUT2D eigenvalue weighted by Gasteiger charge is -2.05. The summed E-state index contributed by atoms with van der Waals surface area (Å²) >= 11 is 5.47. The highest BCUT2D eigenvalue weighted by atomic mass is 35.5. The number of benzene rings is 1. The Morgan fingerprint density at radius 2 is 2.31 bits per heavy atom. The van der Waals surface area contributed by atoms with Crippen LogP contribution in [0.1, 0.15) is 10.4 Å². The number of nitrogens with zero attached hydrogens (tertiary/aromatic N) is 1. The van der Waals surface area contributed by atoms with Gasteiger partial charge in [0.15, 0.2) is 5.75 Å². The molecule has 6 heteroatoms. The Labute approximate surface area is 96.4 Å². The van der Waals surface area contributed by atoms with Crippen molar-refractivity contribution >= 4 is 23.6 Å². The van der Waals surface area contributed by atoms with E-state index >= 15 is 0 Å². The number of carbonyl (C=O) groups is 1. The summed E-state index contributed by atoms with van der Waals surface area (Å²) in [6, 6.07) is 3.83. The maximum Gasteiger partial charge on any atom is 0.310 e. The highest BCUT2D eigenvalue weighted by Crippen LogP contribution is 2.27. The zero-order valence-electron chi connectivity index (χ0n) is 8.18. The molecule has 0 aliphatic carbocycles. The highest BCUT2D eigenvalue weighted by Gasteiger charge is 2.15. The molecule has 0 N–H and O–H groups in total. The van der Waals surface area contributed by atoms with E-state index in [0.717, 1.165) is 0 Å². The average molecular weight is 242 g/mol. The van der Waals surface area contributed by atoms with E-state index in [2.05, 4.69) is 6.58 Å². The van der Waals surface area contributed by atoms with Gasteiger partial charge in [0.1, 0.15) is 12.9 Å². The van der Waals surface area contributed by atoms with Crippen molar-refractivity contribution in [2.75, 3.05) is 6.61 Å². The van der Waals surface area contributed by atoms with Crippen LogP contribution in [0.3, 0.4) is 0 Å². The number of aldehydes is 1. The molecule has 0 aliphatic rings. The molecular weight excluding hydrogens is 234 g/mol. The summed E-state index contributed by atoms with van der Waals surface area (Å²) in [5.41, 5.74) is 0.0734. The first-order chi connectivity index (χ1) is 7.54. The molecule has 0 bridgehead atoms. The van der Waals surface area contributed by atoms with Gasteiger partial charge in [0.25, 0.3) is 0 Å². The standard InChI is InChI=1S/C10H8ClNO4/c1-7(11)6-16-10-4-8(5-13)2-3-9(10)12(14)15/h2-5H,1,6H2. The number of nitro groups is 1. The molecule has 0 unspecified atom stereocenters. The van der Waals surface area contributed by atoms with Crippen LogP contribution in [0.25, 0.3) is 0 Å². The first-order valence-electron chi connectivity index (χ1n) is 4.24. The molecule has 16 heavy (non-hydrogen) atoms. The van der Waals surface area contributed by atoms with E-state index in [1.54, 1.807) is 0 Å². The molecule has 0 saturated heterocycles. The summed E-state index contributed by atoms with van der Waals surface area (Å²) in [5, 5.41) is 10.9. The first-order valence-corrected chi connectivity index (χ1v) is 4.62. The number of ether oxygens (including phenoxy) is 1. The molecule has 0 amide bonds. The minimum absolute atomic E-state index is 0.00333. The van der Waals surface area contributed by atoms with Crippen LogP contribution < -0.4 is 4.74 Å². The predicted molar refractivity (Wildman–Crippen MR) is 59.0 cm³/mol. The summed E-state index contributed by atoms with van der Waals surface area (Å²) < 4.78 is 5.07. The molecule has 1 aromatic rings. The van der Waals surface area contributed by atoms with Crippen LogP contribution in [-0.4, -0.2) is 17.8 Å². The predicted octanol–water partition coefficient (Wildman–Crippen LogP) is 2.54. The number of hydrogen-bond donors (Lipinski definition) is 0. The summed E-state index contributed by atoms with van der Waals surface area (Å²) in [4.78, 5) is 20.6. The van der Waals surface area contributed by atoms with E-state index in [9.17, 15) is 14.9 Å². The average Bonchev–Trinajstić information content (AvgIpc) is 2.25. The van der Waals surface area contributed by atoms with Gasteiger partial charge in [-0.3, -0.25) is 14.9 Å². The second-order valence-electron chi connectivity index (χ2n) is 2.91. The van der Waals surface area contributed by atoms with E-state index < -0.39 is 4.92 Å². The molecule has 0 heterocycles. The Hall–Kier alpha value is -1.88. The Balaban J connectivity index is 3.04. The Bertz CT molecular complexity index is 444. The molecule has 1 aromatic carbocycles. The van der Waals surface area contributed by atoms with Crippen LogP contribution in [0.4, 0.5) is 5.69 Å². The van der Waals surface area contributed by atoms with Gasteiger partial charge in [-0.15, -0.1) is 0 Å². The molecule has 1 rings (SSSR count). The minimum atomic E-state index is -0.596. The highest BCUT2D eigenvalue weighted by molar-refractivity contribution is 6.29. The molecule has 0 saturated carbocycles. The topological polar surface area (TPSA) is 69.4 Å². The Morgan fingerprint density at radius 1 is 1.62 bits per heavy atom. The normalized spacial score (nSPS) is 9.56. The lowest BCUT2D eigenvalue weighted by molar-refractivity contribution is -0.385. The SMILES string of the molecule is C=C(Cl)COc1cc(C=O)ccc1[N+](=O)[O-]. The van der Waals surface area contributed by atoms with Gasteiger partial charge in [-0.25, -0.2) is 0 Å². The zero-order chi connectivity index (χ0) is 12.1. The van der Waals surface area contributed by atoms with Crippen LogP contribution in [0, 0.1) is 10.1 Å². The fourth-order valence-corrected chi connectivity index (χ4v) is 1.08. The van der Waals surface area contributed by atoms with Crippen molar-refractivity contribution in [1.29, 1.82) is 0 Å². The smallest absolute Gasteiger partial charge is 0.310 e. The molecule has 0 atom stereocenters. The molecule has 0 aliphatic heterocycles. The van der Waals surface area contributed by atoms with Gasteiger partial charge in [0.05, 0.1) is 4.92 Å². The van der Waals surface area contributed by atoms with Crippen LogP contribution in [-0.2, 0) is 0 Å². The maximum absolute atomic E-state index is 10.6. The van der Waals surface area contributed by atoms with E-state index in [-0.39, 0.29) is 23.1 Å². The Morgan fingerprint density at radius 3 is 2.81 bits per heavy atom. The number of halogens is 1. The van der Waals surface area contributed by atoms with Crippen molar-refractivity contribution in [1.82, 2.24) is 0 Å². The zero-order valence-corrected chi connectivity index (χ0v) is 8.94. The molecule has 84 valence electrons. The largest absolute Gasteiger partial charge is 0.481 e. The molecule has 0 radical (unpaired) electrons. The van der Waals surface area contributed by atoms with Gasteiger partial charge in [-0.05, 0) is 12.1 Å². The number of rotatable bonds is 5. The quantitative estimate of drug-likeness (QED) is 0.451. The molecule has 5 nitrogen and oxygen atoms in total. The summed E-state index contributed by atoms with van der Waals surface area (Å²) in [5.74, 6) is -0.00333. The first kappa shape index (κ1) is 12.2. The van der Waals surface area contributed by atoms with Crippen LogP contribution >= 0.6 is 11.6 Å². The van der Waals surface area contributed by atoms with Crippen molar-refractivity contribution in [3.63, 3.8) is 0 Å². The fourth-order valence-electron chi connectivity index (χ4n) is 1.03. The fraction of sp³-hybridized carbons (Fsp3) is 0.100. The Kier molecular flexibility index (Phi) is 4.02. The van der Waals surface area contributed by atoms with Crippen molar-refractivity contribution in [3.8, 4) is 5.75 Å². The molecule has 0 fully saturated rings. The van der Waals surface area contributed by atoms with Crippen molar-refractivity contribution < 1.29 is 14.5 Å². The van der Waals surface area contributed by atoms with E-state index in [1.807, 2.05) is 0 Å². The summed E-state index contributed by atoms with van der Waals surface area (Å²) in [7, 11) is 0. The monoisotopic (exact) mass is 241 g/mol. The number of hydrogen-bond acceptors (Lipinski definition) is 4. The number of nitro benzene ring substituents is 1. The summed E-state index contributed by atoms with van der Waals surface area (Å²) in [6.07, 6.45) is 0.575. The molecule has 0 aromatic heterocycles. The van der Waals surface area contributed by atoms with Crippen molar-refractivity contribution in [3.05, 3.63) is 45.5 Å². The molecular formula is C10H8ClNO4. The van der Waals surface area contributed by atoms with Crippen LogP contribution in [0.15, 0.2) is 29.8 Å². The molecule has 0 spiro atoms. The van der Waals surface area contributed by atoms with Gasteiger partial charge in [0, 0.05) is 16.7 Å². The minimum Gasteiger partial charge on any atom is -0.481 e. The lowest BCUT2D eigenvalue weighted by atomic mass is 10.2. The van der Waals surface area contributed by atoms with Gasteiger partial charge in [0.2, 0.25) is 0 Å². The van der Waals surface area contributed by atoms with Crippen molar-refractivity contribution in [2.24, 2.45) is 0 Å². The third kappa shape index (κ3) is 3.06. The third-order valence-electron chi connectivity index (χ3n) is 1.70. The van der Waals surface area contributed by atoms with Crippen LogP contribution in [0.5, 0.6) is 5.75 Å². The summed E-state index contributed by atoms with van der Waals surface area (Å²) in [6.45, 7) is 3.34. The lowest BCUT2D eigenvalue weighted by Crippen LogP contribution is -2.00. The number of carbonyl (C=O) groups excluding carboxylic acids is 1. The van der Waals surface area contributed by atoms with Gasteiger partial charge >= 0.3 is 5.69 Å². The second-order valence-corrected chi connectivity index (χ2v) is 3.44. The van der Waals surface area contributed by atoms with E-state index in [0.29, 0.717) is 11.8 Å². The van der Waals surface area contributed by atoms with E-state index in [1.165, 1.54) is 18.2 Å². The van der Waals surface area contributed by atoms with Crippen LogP contribution in [0.2, 0.25) is 0 Å². The van der Waals surface area contributed by atoms with Gasteiger partial charge in [-0.1, -0.05) is 18.2 Å². The third-order valence-corrected chi connectivity index (χ3v) is 1.81. The second kappa shape index (κ2) is 5.27. The van der Waals surface area contributed by atoms with Crippen molar-refractivity contribution in [2.45, 2.75) is 0 Å². The van der Waals surface area contributed by atoms with Gasteiger partial charge in [-0.2, -0.15) is 0 Å². The maximum atomic E-state index is 10.6. The van der Waals surface area contributed by atoms with E-state index in [4.69, 9.17) is 16.3 Å². The van der Waals surface area contributed by atoms with Gasteiger partial charge < -0.3 is 4.74 Å².